The summed E-state index contributed by atoms with van der Waals surface area (Å²) in [7, 11) is 0. The maximum Gasteiger partial charge on any atom is 0.346 e. The van der Waals surface area contributed by atoms with E-state index in [1.165, 1.54) is 0 Å². The zero-order valence-electron chi connectivity index (χ0n) is 12.2. The Balaban J connectivity index is 2.33. The molecule has 1 aromatic carbocycles. The molecule has 2 rings (SSSR count). The first-order valence-corrected chi connectivity index (χ1v) is 7.16. The molecule has 21 heavy (non-hydrogen) atoms. The van der Waals surface area contributed by atoms with E-state index >= 15 is 0 Å². The molecular weight excluding hydrogens is 271 g/mol. The largest absolute Gasteiger partial charge is 0.490 e. The molecule has 0 radical (unpaired) electrons. The number of rotatable bonds is 7. The summed E-state index contributed by atoms with van der Waals surface area (Å²) in [6.45, 7) is 6.12. The van der Waals surface area contributed by atoms with Crippen molar-refractivity contribution in [2.75, 3.05) is 6.61 Å². The highest BCUT2D eigenvalue weighted by atomic mass is 19.1. The Labute approximate surface area is 123 Å². The van der Waals surface area contributed by atoms with Crippen molar-refractivity contribution in [3.63, 3.8) is 0 Å². The van der Waals surface area contributed by atoms with Crippen molar-refractivity contribution in [2.24, 2.45) is 0 Å². The average Bonchev–Trinajstić information content (AvgIpc) is 2.45. The van der Waals surface area contributed by atoms with Crippen molar-refractivity contribution in [3.05, 3.63) is 52.9 Å². The van der Waals surface area contributed by atoms with E-state index in [2.05, 4.69) is 13.5 Å². The van der Waals surface area contributed by atoms with E-state index in [1.54, 1.807) is 24.3 Å². The SMILES string of the molecule is C=CCc1cc2ccc(OCCCCC)c(F)c2c(=O)o1. The van der Waals surface area contributed by atoms with Crippen molar-refractivity contribution in [3.8, 4) is 5.75 Å². The number of hydrogen-bond donors (Lipinski definition) is 0. The topological polar surface area (TPSA) is 39.4 Å². The van der Waals surface area contributed by atoms with Crippen LogP contribution in [0.3, 0.4) is 0 Å². The maximum absolute atomic E-state index is 14.4. The molecule has 0 aliphatic heterocycles. The lowest BCUT2D eigenvalue weighted by molar-refractivity contribution is 0.292. The van der Waals surface area contributed by atoms with E-state index in [-0.39, 0.29) is 11.1 Å². The highest BCUT2D eigenvalue weighted by Gasteiger charge is 2.14. The van der Waals surface area contributed by atoms with Crippen LogP contribution in [0.15, 0.2) is 40.1 Å². The quantitative estimate of drug-likeness (QED) is 0.566. The van der Waals surface area contributed by atoms with Crippen molar-refractivity contribution < 1.29 is 13.5 Å². The van der Waals surface area contributed by atoms with Crippen LogP contribution in [0, 0.1) is 5.82 Å². The number of ether oxygens (including phenoxy) is 1. The molecule has 0 unspecified atom stereocenters. The van der Waals surface area contributed by atoms with Gasteiger partial charge in [0, 0.05) is 6.42 Å². The minimum atomic E-state index is -0.680. The van der Waals surface area contributed by atoms with Crippen molar-refractivity contribution in [2.45, 2.75) is 32.6 Å². The lowest BCUT2D eigenvalue weighted by Crippen LogP contribution is -2.06. The van der Waals surface area contributed by atoms with Gasteiger partial charge in [0.2, 0.25) is 0 Å². The van der Waals surface area contributed by atoms with Gasteiger partial charge in [-0.1, -0.05) is 31.9 Å². The molecule has 0 amide bonds. The van der Waals surface area contributed by atoms with Crippen LogP contribution in [0.1, 0.15) is 31.9 Å². The summed E-state index contributed by atoms with van der Waals surface area (Å²) in [5, 5.41) is 0.456. The summed E-state index contributed by atoms with van der Waals surface area (Å²) in [6.07, 6.45) is 5.02. The molecule has 0 N–H and O–H groups in total. The first-order valence-electron chi connectivity index (χ1n) is 7.16. The maximum atomic E-state index is 14.4. The van der Waals surface area contributed by atoms with Gasteiger partial charge in [-0.2, -0.15) is 0 Å². The molecule has 0 atom stereocenters. The normalized spacial score (nSPS) is 10.8. The van der Waals surface area contributed by atoms with Crippen LogP contribution in [0.2, 0.25) is 0 Å². The fraction of sp³-hybridized carbons (Fsp3) is 0.353. The van der Waals surface area contributed by atoms with E-state index in [0.29, 0.717) is 24.2 Å². The monoisotopic (exact) mass is 290 g/mol. The zero-order valence-corrected chi connectivity index (χ0v) is 12.2. The van der Waals surface area contributed by atoms with Crippen LogP contribution >= 0.6 is 0 Å². The number of allylic oxidation sites excluding steroid dienone is 1. The molecule has 2 aromatic rings. The zero-order chi connectivity index (χ0) is 15.2. The summed E-state index contributed by atoms with van der Waals surface area (Å²) in [4.78, 5) is 11.9. The lowest BCUT2D eigenvalue weighted by Gasteiger charge is -2.08. The van der Waals surface area contributed by atoms with Crippen LogP contribution in [-0.4, -0.2) is 6.61 Å². The van der Waals surface area contributed by atoms with E-state index < -0.39 is 11.4 Å². The molecule has 4 heteroatoms. The third-order valence-corrected chi connectivity index (χ3v) is 3.23. The minimum Gasteiger partial charge on any atom is -0.490 e. The second-order valence-electron chi connectivity index (χ2n) is 4.89. The minimum absolute atomic E-state index is 0.0594. The molecule has 1 heterocycles. The van der Waals surface area contributed by atoms with Gasteiger partial charge in [-0.25, -0.2) is 9.18 Å². The predicted octanol–water partition coefficient (Wildman–Crippen LogP) is 4.23. The molecule has 0 fully saturated rings. The molecule has 0 aliphatic carbocycles. The molecule has 1 aromatic heterocycles. The number of hydrogen-bond acceptors (Lipinski definition) is 3. The predicted molar refractivity (Wildman–Crippen MR) is 81.4 cm³/mol. The Bertz CT molecular complexity index is 688. The van der Waals surface area contributed by atoms with Crippen molar-refractivity contribution in [1.82, 2.24) is 0 Å². The van der Waals surface area contributed by atoms with Crippen molar-refractivity contribution >= 4 is 10.8 Å². The third-order valence-electron chi connectivity index (χ3n) is 3.23. The second kappa shape index (κ2) is 7.07. The number of halogens is 1. The second-order valence-corrected chi connectivity index (χ2v) is 4.89. The van der Waals surface area contributed by atoms with E-state index in [0.717, 1.165) is 19.3 Å². The van der Waals surface area contributed by atoms with Crippen molar-refractivity contribution in [1.29, 1.82) is 0 Å². The first kappa shape index (κ1) is 15.3. The molecule has 0 saturated carbocycles. The summed E-state index contributed by atoms with van der Waals surface area (Å²) in [6, 6.07) is 4.89. The number of fused-ring (bicyclic) bond motifs is 1. The van der Waals surface area contributed by atoms with Gasteiger partial charge in [0.05, 0.1) is 6.61 Å². The lowest BCUT2D eigenvalue weighted by atomic mass is 10.1. The van der Waals surface area contributed by atoms with Gasteiger partial charge < -0.3 is 9.15 Å². The van der Waals surface area contributed by atoms with Gasteiger partial charge in [0.25, 0.3) is 0 Å². The van der Waals surface area contributed by atoms with E-state index in [4.69, 9.17) is 9.15 Å². The average molecular weight is 290 g/mol. The van der Waals surface area contributed by atoms with E-state index in [1.807, 2.05) is 0 Å². The molecule has 0 spiro atoms. The van der Waals surface area contributed by atoms with Crippen LogP contribution in [0.4, 0.5) is 4.39 Å². The Morgan fingerprint density at radius 2 is 2.19 bits per heavy atom. The van der Waals surface area contributed by atoms with Crippen LogP contribution in [-0.2, 0) is 6.42 Å². The summed E-state index contributed by atoms with van der Waals surface area (Å²) in [5.41, 5.74) is -0.680. The number of unbranched alkanes of at least 4 members (excludes halogenated alkanes) is 2. The first-order chi connectivity index (χ1) is 10.2. The Kier molecular flexibility index (Phi) is 5.14. The smallest absolute Gasteiger partial charge is 0.346 e. The van der Waals surface area contributed by atoms with Crippen LogP contribution in [0.25, 0.3) is 10.8 Å². The standard InChI is InChI=1S/C17H19FO3/c1-3-5-6-10-20-14-9-8-12-11-13(7-4-2)21-17(19)15(12)16(14)18/h4,8-9,11H,2-3,5-7,10H2,1H3. The van der Waals surface area contributed by atoms with Gasteiger partial charge in [-0.3, -0.25) is 0 Å². The number of benzene rings is 1. The Hall–Kier alpha value is -2.10. The fourth-order valence-corrected chi connectivity index (χ4v) is 2.16. The highest BCUT2D eigenvalue weighted by Crippen LogP contribution is 2.25. The van der Waals surface area contributed by atoms with Gasteiger partial charge in [-0.15, -0.1) is 6.58 Å². The molecule has 3 nitrogen and oxygen atoms in total. The molecule has 112 valence electrons. The van der Waals surface area contributed by atoms with E-state index in [9.17, 15) is 9.18 Å². The highest BCUT2D eigenvalue weighted by molar-refractivity contribution is 5.83. The van der Waals surface area contributed by atoms with Gasteiger partial charge >= 0.3 is 5.63 Å². The molecule has 0 bridgehead atoms. The summed E-state index contributed by atoms with van der Waals surface area (Å²) >= 11 is 0. The third kappa shape index (κ3) is 3.51. The van der Waals surface area contributed by atoms with Crippen LogP contribution in [0.5, 0.6) is 5.75 Å². The van der Waals surface area contributed by atoms with Gasteiger partial charge in [-0.05, 0) is 23.9 Å². The Morgan fingerprint density at radius 1 is 1.38 bits per heavy atom. The molecule has 0 aliphatic rings. The van der Waals surface area contributed by atoms with Gasteiger partial charge in [0.15, 0.2) is 11.6 Å². The molecular formula is C17H19FO3. The summed E-state index contributed by atoms with van der Waals surface area (Å²) in [5.74, 6) is -0.0798. The van der Waals surface area contributed by atoms with Gasteiger partial charge in [0.1, 0.15) is 11.1 Å². The van der Waals surface area contributed by atoms with Crippen LogP contribution < -0.4 is 10.4 Å². The summed E-state index contributed by atoms with van der Waals surface area (Å²) < 4.78 is 24.8. The Morgan fingerprint density at radius 3 is 2.90 bits per heavy atom. The fourth-order valence-electron chi connectivity index (χ4n) is 2.16. The molecule has 0 saturated heterocycles.